The first kappa shape index (κ1) is 18.1. The highest BCUT2D eigenvalue weighted by Crippen LogP contribution is 2.28. The Kier molecular flexibility index (Phi) is 4.78. The quantitative estimate of drug-likeness (QED) is 0.448. The highest BCUT2D eigenvalue weighted by Gasteiger charge is 2.20. The van der Waals surface area contributed by atoms with E-state index in [9.17, 15) is 9.18 Å². The Morgan fingerprint density at radius 1 is 0.964 bits per heavy atom. The van der Waals surface area contributed by atoms with Gasteiger partial charge < -0.3 is 4.57 Å². The van der Waals surface area contributed by atoms with E-state index >= 15 is 0 Å². The second kappa shape index (κ2) is 7.39. The van der Waals surface area contributed by atoms with Gasteiger partial charge in [0.05, 0.1) is 5.52 Å². The fraction of sp³-hybridized carbons (Fsp3) is 0.167. The summed E-state index contributed by atoms with van der Waals surface area (Å²) in [6.45, 7) is 4.67. The van der Waals surface area contributed by atoms with Crippen LogP contribution in [0.3, 0.4) is 0 Å². The number of benzene rings is 2. The van der Waals surface area contributed by atoms with E-state index in [4.69, 9.17) is 0 Å². The molecule has 0 aliphatic carbocycles. The number of hydrogen-bond donors (Lipinski definition) is 0. The van der Waals surface area contributed by atoms with Gasteiger partial charge in [-0.05, 0) is 48.7 Å². The first-order chi connectivity index (χ1) is 13.5. The molecule has 2 heterocycles. The van der Waals surface area contributed by atoms with Crippen molar-refractivity contribution in [1.82, 2.24) is 9.55 Å². The van der Waals surface area contributed by atoms with Gasteiger partial charge in [0.25, 0.3) is 0 Å². The summed E-state index contributed by atoms with van der Waals surface area (Å²) in [4.78, 5) is 17.5. The zero-order valence-corrected chi connectivity index (χ0v) is 15.9. The van der Waals surface area contributed by atoms with Gasteiger partial charge in [0.15, 0.2) is 5.78 Å². The van der Waals surface area contributed by atoms with Crippen molar-refractivity contribution in [2.75, 3.05) is 0 Å². The molecule has 0 saturated carbocycles. The largest absolute Gasteiger partial charge is 0.338 e. The first-order valence-corrected chi connectivity index (χ1v) is 9.30. The summed E-state index contributed by atoms with van der Waals surface area (Å²) in [6, 6.07) is 18.1. The maximum absolute atomic E-state index is 13.3. The fourth-order valence-electron chi connectivity index (χ4n) is 3.63. The standard InChI is InChI=1S/C24H21FN2O/c1-16-17(2)27(15-19-8-10-20(25)11-9-19)24-21(16)12-13-26-23(24)22(28)14-18-6-4-3-5-7-18/h3-13H,14-15H2,1-2H3. The van der Waals surface area contributed by atoms with Gasteiger partial charge in [-0.25, -0.2) is 4.39 Å². The Morgan fingerprint density at radius 2 is 1.68 bits per heavy atom. The number of Topliss-reactive ketones (excluding diaryl/α,β-unsaturated/α-hetero) is 1. The number of carbonyl (C=O) groups excluding carboxylic acids is 1. The second-order valence-electron chi connectivity index (χ2n) is 7.06. The molecule has 0 spiro atoms. The van der Waals surface area contributed by atoms with Gasteiger partial charge in [0, 0.05) is 30.2 Å². The predicted octanol–water partition coefficient (Wildman–Crippen LogP) is 5.27. The lowest BCUT2D eigenvalue weighted by Gasteiger charge is -2.11. The number of aryl methyl sites for hydroxylation is 1. The zero-order chi connectivity index (χ0) is 19.7. The second-order valence-corrected chi connectivity index (χ2v) is 7.06. The lowest BCUT2D eigenvalue weighted by molar-refractivity contribution is 0.0989. The van der Waals surface area contributed by atoms with E-state index in [2.05, 4.69) is 16.5 Å². The molecule has 0 unspecified atom stereocenters. The SMILES string of the molecule is Cc1c(C)n(Cc2ccc(F)cc2)c2c(C(=O)Cc3ccccc3)nccc12. The van der Waals surface area contributed by atoms with Crippen LogP contribution < -0.4 is 0 Å². The summed E-state index contributed by atoms with van der Waals surface area (Å²) >= 11 is 0. The molecule has 0 atom stereocenters. The molecule has 4 heteroatoms. The monoisotopic (exact) mass is 372 g/mol. The first-order valence-electron chi connectivity index (χ1n) is 9.30. The number of pyridine rings is 1. The molecule has 140 valence electrons. The number of rotatable bonds is 5. The molecule has 0 saturated heterocycles. The molecular formula is C24H21FN2O. The molecule has 0 radical (unpaired) electrons. The number of nitrogens with zero attached hydrogens (tertiary/aromatic N) is 2. The topological polar surface area (TPSA) is 34.9 Å². The average molecular weight is 372 g/mol. The summed E-state index contributed by atoms with van der Waals surface area (Å²) in [5, 5.41) is 1.03. The molecule has 3 nitrogen and oxygen atoms in total. The molecule has 2 aromatic carbocycles. The molecule has 0 fully saturated rings. The number of carbonyl (C=O) groups is 1. The molecule has 0 aliphatic rings. The summed E-state index contributed by atoms with van der Waals surface area (Å²) < 4.78 is 15.4. The summed E-state index contributed by atoms with van der Waals surface area (Å²) in [6.07, 6.45) is 2.02. The zero-order valence-electron chi connectivity index (χ0n) is 15.9. The molecule has 0 aliphatic heterocycles. The van der Waals surface area contributed by atoms with Gasteiger partial charge in [0.2, 0.25) is 0 Å². The molecule has 4 rings (SSSR count). The lowest BCUT2D eigenvalue weighted by atomic mass is 10.0. The van der Waals surface area contributed by atoms with E-state index in [1.807, 2.05) is 43.3 Å². The van der Waals surface area contributed by atoms with Crippen LogP contribution in [0.15, 0.2) is 66.9 Å². The lowest BCUT2D eigenvalue weighted by Crippen LogP contribution is -2.10. The number of ketones is 1. The van der Waals surface area contributed by atoms with Crippen molar-refractivity contribution in [3.05, 3.63) is 101 Å². The van der Waals surface area contributed by atoms with Crippen LogP contribution in [0.2, 0.25) is 0 Å². The van der Waals surface area contributed by atoms with E-state index in [0.717, 1.165) is 33.3 Å². The Hall–Kier alpha value is -3.27. The fourth-order valence-corrected chi connectivity index (χ4v) is 3.63. The average Bonchev–Trinajstić information content (AvgIpc) is 2.95. The van der Waals surface area contributed by atoms with E-state index < -0.39 is 0 Å². The van der Waals surface area contributed by atoms with Crippen LogP contribution in [0, 0.1) is 19.7 Å². The van der Waals surface area contributed by atoms with Gasteiger partial charge in [-0.15, -0.1) is 0 Å². The van der Waals surface area contributed by atoms with E-state index in [0.29, 0.717) is 18.7 Å². The summed E-state index contributed by atoms with van der Waals surface area (Å²) in [5.41, 5.74) is 5.50. The molecule has 0 N–H and O–H groups in total. The third kappa shape index (κ3) is 3.33. The Balaban J connectivity index is 1.80. The highest BCUT2D eigenvalue weighted by atomic mass is 19.1. The van der Waals surface area contributed by atoms with Crippen molar-refractivity contribution >= 4 is 16.7 Å². The van der Waals surface area contributed by atoms with Gasteiger partial charge >= 0.3 is 0 Å². The normalized spacial score (nSPS) is 11.1. The van der Waals surface area contributed by atoms with Crippen LogP contribution in [0.4, 0.5) is 4.39 Å². The molecular weight excluding hydrogens is 351 g/mol. The summed E-state index contributed by atoms with van der Waals surface area (Å²) in [5.74, 6) is -0.260. The van der Waals surface area contributed by atoms with Gasteiger partial charge in [-0.1, -0.05) is 42.5 Å². The minimum absolute atomic E-state index is 0.00495. The van der Waals surface area contributed by atoms with Crippen LogP contribution in [-0.2, 0) is 13.0 Å². The predicted molar refractivity (Wildman–Crippen MR) is 109 cm³/mol. The van der Waals surface area contributed by atoms with Crippen LogP contribution in [0.5, 0.6) is 0 Å². The van der Waals surface area contributed by atoms with Gasteiger partial charge in [-0.3, -0.25) is 9.78 Å². The van der Waals surface area contributed by atoms with Gasteiger partial charge in [0.1, 0.15) is 11.5 Å². The van der Waals surface area contributed by atoms with Crippen molar-refractivity contribution in [2.24, 2.45) is 0 Å². The van der Waals surface area contributed by atoms with Crippen molar-refractivity contribution < 1.29 is 9.18 Å². The number of aromatic nitrogens is 2. The number of halogens is 1. The van der Waals surface area contributed by atoms with Gasteiger partial charge in [-0.2, -0.15) is 0 Å². The minimum Gasteiger partial charge on any atom is -0.338 e. The van der Waals surface area contributed by atoms with Crippen LogP contribution in [0.1, 0.15) is 32.9 Å². The van der Waals surface area contributed by atoms with Crippen LogP contribution in [0.25, 0.3) is 10.9 Å². The van der Waals surface area contributed by atoms with Crippen LogP contribution >= 0.6 is 0 Å². The smallest absolute Gasteiger partial charge is 0.187 e. The third-order valence-electron chi connectivity index (χ3n) is 5.27. The molecule has 2 aromatic heterocycles. The van der Waals surface area contributed by atoms with Crippen molar-refractivity contribution in [1.29, 1.82) is 0 Å². The Bertz CT molecular complexity index is 1140. The maximum Gasteiger partial charge on any atom is 0.187 e. The van der Waals surface area contributed by atoms with E-state index in [-0.39, 0.29) is 11.6 Å². The van der Waals surface area contributed by atoms with Crippen molar-refractivity contribution in [2.45, 2.75) is 26.8 Å². The number of hydrogen-bond acceptors (Lipinski definition) is 2. The highest BCUT2D eigenvalue weighted by molar-refractivity contribution is 6.07. The Labute approximate surface area is 163 Å². The minimum atomic E-state index is -0.255. The van der Waals surface area contributed by atoms with Crippen molar-refractivity contribution in [3.63, 3.8) is 0 Å². The molecule has 4 aromatic rings. The van der Waals surface area contributed by atoms with E-state index in [1.165, 1.54) is 12.1 Å². The Morgan fingerprint density at radius 3 is 2.39 bits per heavy atom. The maximum atomic E-state index is 13.3. The number of fused-ring (bicyclic) bond motifs is 1. The third-order valence-corrected chi connectivity index (χ3v) is 5.27. The molecule has 28 heavy (non-hydrogen) atoms. The van der Waals surface area contributed by atoms with Crippen molar-refractivity contribution in [3.8, 4) is 0 Å². The molecule has 0 bridgehead atoms. The molecule has 0 amide bonds. The summed E-state index contributed by atoms with van der Waals surface area (Å²) in [7, 11) is 0. The van der Waals surface area contributed by atoms with E-state index in [1.54, 1.807) is 18.3 Å². The van der Waals surface area contributed by atoms with Crippen LogP contribution in [-0.4, -0.2) is 15.3 Å².